The van der Waals surface area contributed by atoms with Crippen LogP contribution in [0.2, 0.25) is 0 Å². The van der Waals surface area contributed by atoms with Crippen LogP contribution in [0.3, 0.4) is 0 Å². The molecule has 0 aromatic heterocycles. The molecule has 0 bridgehead atoms. The normalized spacial score (nSPS) is 25.5. The molecular weight excluding hydrogens is 430 g/mol. The van der Waals surface area contributed by atoms with Gasteiger partial charge in [0.05, 0.1) is 6.61 Å². The Bertz CT molecular complexity index is 732. The van der Waals surface area contributed by atoms with Crippen molar-refractivity contribution in [2.24, 2.45) is 23.7 Å². The van der Waals surface area contributed by atoms with E-state index in [1.807, 2.05) is 13.0 Å². The Kier molecular flexibility index (Phi) is 11.7. The van der Waals surface area contributed by atoms with Crippen molar-refractivity contribution in [3.8, 4) is 11.5 Å². The van der Waals surface area contributed by atoms with Crippen LogP contribution in [0.4, 0.5) is 8.78 Å². The van der Waals surface area contributed by atoms with Crippen molar-refractivity contribution in [2.45, 2.75) is 104 Å². The van der Waals surface area contributed by atoms with Gasteiger partial charge in [-0.2, -0.15) is 8.78 Å². The molecule has 1 aromatic rings. The van der Waals surface area contributed by atoms with Gasteiger partial charge in [0.2, 0.25) is 11.6 Å². The minimum Gasteiger partial charge on any atom is -0.490 e. The molecule has 2 aliphatic rings. The van der Waals surface area contributed by atoms with E-state index in [0.717, 1.165) is 30.6 Å². The van der Waals surface area contributed by atoms with Gasteiger partial charge in [-0.3, -0.25) is 0 Å². The second-order valence-electron chi connectivity index (χ2n) is 10.6. The van der Waals surface area contributed by atoms with E-state index >= 15 is 0 Å². The molecule has 0 spiro atoms. The van der Waals surface area contributed by atoms with Gasteiger partial charge in [0.25, 0.3) is 0 Å². The van der Waals surface area contributed by atoms with E-state index in [1.54, 1.807) is 0 Å². The van der Waals surface area contributed by atoms with E-state index in [-0.39, 0.29) is 18.1 Å². The Morgan fingerprint density at radius 1 is 0.765 bits per heavy atom. The van der Waals surface area contributed by atoms with Gasteiger partial charge in [-0.05, 0) is 80.8 Å². The number of benzene rings is 1. The van der Waals surface area contributed by atoms with Crippen LogP contribution in [0, 0.1) is 35.3 Å². The van der Waals surface area contributed by atoms with Crippen LogP contribution in [0.5, 0.6) is 11.5 Å². The topological polar surface area (TPSA) is 18.5 Å². The second-order valence-corrected chi connectivity index (χ2v) is 10.6. The molecule has 1 aromatic carbocycles. The molecule has 2 saturated carbocycles. The highest BCUT2D eigenvalue weighted by molar-refractivity contribution is 5.35. The summed E-state index contributed by atoms with van der Waals surface area (Å²) in [5.74, 6) is 1.39. The van der Waals surface area contributed by atoms with Crippen LogP contribution in [-0.4, -0.2) is 13.2 Å². The molecule has 3 rings (SSSR count). The van der Waals surface area contributed by atoms with Crippen molar-refractivity contribution >= 4 is 0 Å². The summed E-state index contributed by atoms with van der Waals surface area (Å²) in [7, 11) is 0. The number of ether oxygens (including phenoxy) is 2. The highest BCUT2D eigenvalue weighted by Gasteiger charge is 2.30. The quantitative estimate of drug-likeness (QED) is 0.209. The van der Waals surface area contributed by atoms with Gasteiger partial charge in [-0.25, -0.2) is 0 Å². The summed E-state index contributed by atoms with van der Waals surface area (Å²) >= 11 is 0. The van der Waals surface area contributed by atoms with E-state index in [9.17, 15) is 8.78 Å². The summed E-state index contributed by atoms with van der Waals surface area (Å²) in [6.07, 6.45) is 22.5. The average Bonchev–Trinajstić information content (AvgIpc) is 2.86. The van der Waals surface area contributed by atoms with E-state index < -0.39 is 11.6 Å². The number of rotatable bonds is 13. The Hall–Kier alpha value is -1.58. The van der Waals surface area contributed by atoms with Crippen LogP contribution in [0.15, 0.2) is 24.3 Å². The molecule has 0 aliphatic heterocycles. The first-order valence-electron chi connectivity index (χ1n) is 14.0. The Morgan fingerprint density at radius 3 is 1.97 bits per heavy atom. The number of halogens is 2. The molecule has 0 unspecified atom stereocenters. The van der Waals surface area contributed by atoms with Crippen LogP contribution in [0.25, 0.3) is 0 Å². The fourth-order valence-electron chi connectivity index (χ4n) is 5.89. The fourth-order valence-corrected chi connectivity index (χ4v) is 5.89. The Morgan fingerprint density at radius 2 is 1.35 bits per heavy atom. The Balaban J connectivity index is 1.34. The summed E-state index contributed by atoms with van der Waals surface area (Å²) in [6.45, 7) is 4.96. The standard InChI is InChI=1S/C30H46F2O2/c1-3-5-7-9-23-11-15-25(16-12-23)26-17-13-24(14-18-26)10-8-22-34-28-20-19-27(29(31)30(28)32)33-21-6-4-2/h8,10,19-20,23-26H,3-7,9,11-18,21-22H2,1-2H3. The summed E-state index contributed by atoms with van der Waals surface area (Å²) in [5, 5.41) is 0. The van der Waals surface area contributed by atoms with Crippen molar-refractivity contribution in [2.75, 3.05) is 13.2 Å². The third kappa shape index (κ3) is 8.27. The van der Waals surface area contributed by atoms with Gasteiger partial charge in [0.1, 0.15) is 6.61 Å². The molecule has 0 heterocycles. The third-order valence-corrected chi connectivity index (χ3v) is 8.10. The highest BCUT2D eigenvalue weighted by atomic mass is 19.2. The first-order valence-corrected chi connectivity index (χ1v) is 14.0. The van der Waals surface area contributed by atoms with Crippen molar-refractivity contribution in [1.82, 2.24) is 0 Å². The zero-order chi connectivity index (χ0) is 24.2. The Labute approximate surface area is 206 Å². The van der Waals surface area contributed by atoms with Gasteiger partial charge in [0, 0.05) is 0 Å². The fraction of sp³-hybridized carbons (Fsp3) is 0.733. The molecule has 34 heavy (non-hydrogen) atoms. The molecule has 0 amide bonds. The molecule has 2 aliphatic carbocycles. The molecule has 192 valence electrons. The maximum atomic E-state index is 14.3. The van der Waals surface area contributed by atoms with Crippen molar-refractivity contribution in [3.05, 3.63) is 35.9 Å². The summed E-state index contributed by atoms with van der Waals surface area (Å²) < 4.78 is 39.2. The van der Waals surface area contributed by atoms with Crippen LogP contribution in [0.1, 0.15) is 104 Å². The molecule has 0 N–H and O–H groups in total. The SMILES string of the molecule is CCCCCC1CCC(C2CCC(C=CCOc3ccc(OCCCC)c(F)c3F)CC2)CC1. The average molecular weight is 477 g/mol. The second kappa shape index (κ2) is 14.7. The summed E-state index contributed by atoms with van der Waals surface area (Å²) in [6, 6.07) is 2.91. The molecule has 2 nitrogen and oxygen atoms in total. The van der Waals surface area contributed by atoms with Crippen molar-refractivity contribution in [3.63, 3.8) is 0 Å². The lowest BCUT2D eigenvalue weighted by Gasteiger charge is -2.37. The van der Waals surface area contributed by atoms with Crippen LogP contribution < -0.4 is 9.47 Å². The molecule has 0 atom stereocenters. The monoisotopic (exact) mass is 476 g/mol. The maximum absolute atomic E-state index is 14.3. The lowest BCUT2D eigenvalue weighted by molar-refractivity contribution is 0.151. The van der Waals surface area contributed by atoms with E-state index in [1.165, 1.54) is 89.2 Å². The largest absolute Gasteiger partial charge is 0.490 e. The molecular formula is C30H46F2O2. The molecule has 0 saturated heterocycles. The summed E-state index contributed by atoms with van der Waals surface area (Å²) in [5.41, 5.74) is 0. The van der Waals surface area contributed by atoms with Crippen LogP contribution in [-0.2, 0) is 0 Å². The predicted octanol–water partition coefficient (Wildman–Crippen LogP) is 9.27. The first kappa shape index (κ1) is 27.0. The minimum atomic E-state index is -0.969. The number of allylic oxidation sites excluding steroid dienone is 1. The zero-order valence-electron chi connectivity index (χ0n) is 21.5. The van der Waals surface area contributed by atoms with Crippen LogP contribution >= 0.6 is 0 Å². The lowest BCUT2D eigenvalue weighted by Crippen LogP contribution is -2.25. The first-order chi connectivity index (χ1) is 16.6. The van der Waals surface area contributed by atoms with E-state index in [2.05, 4.69) is 13.0 Å². The van der Waals surface area contributed by atoms with E-state index in [4.69, 9.17) is 9.47 Å². The smallest absolute Gasteiger partial charge is 0.204 e. The van der Waals surface area contributed by atoms with Gasteiger partial charge >= 0.3 is 0 Å². The molecule has 4 heteroatoms. The van der Waals surface area contributed by atoms with Crippen molar-refractivity contribution in [1.29, 1.82) is 0 Å². The molecule has 0 radical (unpaired) electrons. The molecule has 2 fully saturated rings. The minimum absolute atomic E-state index is 0.0458. The highest BCUT2D eigenvalue weighted by Crippen LogP contribution is 2.42. The van der Waals surface area contributed by atoms with Gasteiger partial charge in [-0.15, -0.1) is 0 Å². The number of hydrogen-bond acceptors (Lipinski definition) is 2. The van der Waals surface area contributed by atoms with Gasteiger partial charge in [0.15, 0.2) is 11.5 Å². The zero-order valence-corrected chi connectivity index (χ0v) is 21.5. The number of unbranched alkanes of at least 4 members (excludes halogenated alkanes) is 3. The maximum Gasteiger partial charge on any atom is 0.204 e. The van der Waals surface area contributed by atoms with Gasteiger partial charge < -0.3 is 9.47 Å². The summed E-state index contributed by atoms with van der Waals surface area (Å²) in [4.78, 5) is 0. The predicted molar refractivity (Wildman–Crippen MR) is 136 cm³/mol. The number of hydrogen-bond donors (Lipinski definition) is 0. The van der Waals surface area contributed by atoms with E-state index in [0.29, 0.717) is 12.5 Å². The third-order valence-electron chi connectivity index (χ3n) is 8.10. The lowest BCUT2D eigenvalue weighted by atomic mass is 9.68. The van der Waals surface area contributed by atoms with Crippen molar-refractivity contribution < 1.29 is 18.3 Å². The van der Waals surface area contributed by atoms with Gasteiger partial charge in [-0.1, -0.05) is 70.9 Å².